The molecule has 0 aromatic carbocycles. The van der Waals surface area contributed by atoms with Crippen LogP contribution in [0.4, 0.5) is 0 Å². The zero-order chi connectivity index (χ0) is 14.7. The molecule has 19 heavy (non-hydrogen) atoms. The third kappa shape index (κ3) is 7.18. The van der Waals surface area contributed by atoms with Crippen LogP contribution in [0.2, 0.25) is 0 Å². The number of hydrogen-bond donors (Lipinski definition) is 1. The smallest absolute Gasteiger partial charge is 0.358 e. The van der Waals surface area contributed by atoms with E-state index in [1.807, 2.05) is 19.9 Å². The number of allylic oxidation sites excluding steroid dienone is 3. The molecular weight excluding hydrogens is 242 g/mol. The van der Waals surface area contributed by atoms with Gasteiger partial charge in [0.25, 0.3) is 0 Å². The zero-order valence-electron chi connectivity index (χ0n) is 12.0. The number of unbranched alkanes of at least 4 members (excludes halogenated alkanes) is 1. The van der Waals surface area contributed by atoms with Gasteiger partial charge >= 0.3 is 5.97 Å². The van der Waals surface area contributed by atoms with E-state index in [1.165, 1.54) is 11.8 Å². The Bertz CT molecular complexity index is 422. The number of aromatic carboxylic acids is 1. The van der Waals surface area contributed by atoms with E-state index in [1.54, 1.807) is 10.8 Å². The van der Waals surface area contributed by atoms with Crippen molar-refractivity contribution in [2.75, 3.05) is 0 Å². The van der Waals surface area contributed by atoms with Gasteiger partial charge in [-0.05, 0) is 26.2 Å². The van der Waals surface area contributed by atoms with Crippen LogP contribution in [0.3, 0.4) is 0 Å². The van der Waals surface area contributed by atoms with Crippen molar-refractivity contribution >= 4 is 5.97 Å². The maximum atomic E-state index is 10.6. The van der Waals surface area contributed by atoms with Gasteiger partial charge in [0.05, 0.1) is 6.20 Å². The van der Waals surface area contributed by atoms with E-state index < -0.39 is 5.97 Å². The first kappa shape index (κ1) is 17.1. The first-order valence-electron chi connectivity index (χ1n) is 6.55. The molecule has 0 fully saturated rings. The van der Waals surface area contributed by atoms with Gasteiger partial charge in [-0.3, -0.25) is 4.68 Å². The normalized spacial score (nSPS) is 10.6. The van der Waals surface area contributed by atoms with Crippen LogP contribution >= 0.6 is 0 Å². The average molecular weight is 265 g/mol. The van der Waals surface area contributed by atoms with Crippen LogP contribution < -0.4 is 0 Å². The number of aromatic nitrogens is 3. The second-order valence-electron chi connectivity index (χ2n) is 3.88. The van der Waals surface area contributed by atoms with Crippen molar-refractivity contribution in [1.29, 1.82) is 0 Å². The molecule has 1 N–H and O–H groups in total. The number of aryl methyl sites for hydroxylation is 1. The zero-order valence-corrected chi connectivity index (χ0v) is 12.0. The largest absolute Gasteiger partial charge is 0.476 e. The number of carbonyl (C=O) groups is 1. The second-order valence-corrected chi connectivity index (χ2v) is 3.88. The molecule has 1 rings (SSSR count). The molecule has 5 heteroatoms. The number of carboxylic acid groups (broad SMARTS) is 1. The second kappa shape index (κ2) is 10.1. The summed E-state index contributed by atoms with van der Waals surface area (Å²) < 4.78 is 1.57. The van der Waals surface area contributed by atoms with Crippen LogP contribution in [0.5, 0.6) is 0 Å². The Labute approximate surface area is 114 Å². The summed E-state index contributed by atoms with van der Waals surface area (Å²) in [5.74, 6) is -1.04. The van der Waals surface area contributed by atoms with Crippen LogP contribution in [0, 0.1) is 0 Å². The highest BCUT2D eigenvalue weighted by atomic mass is 16.4. The SMILES string of the molecule is C=C/C=C(\C)CCCCn1cc(C(=O)O)nn1.CC. The first-order valence-corrected chi connectivity index (χ1v) is 6.55. The van der Waals surface area contributed by atoms with Gasteiger partial charge in [-0.1, -0.05) is 43.4 Å². The highest BCUT2D eigenvalue weighted by Crippen LogP contribution is 2.07. The quantitative estimate of drug-likeness (QED) is 0.606. The lowest BCUT2D eigenvalue weighted by Crippen LogP contribution is -1.99. The minimum absolute atomic E-state index is 0.00673. The lowest BCUT2D eigenvalue weighted by Gasteiger charge is -2.01. The molecule has 1 aromatic heterocycles. The van der Waals surface area contributed by atoms with E-state index in [-0.39, 0.29) is 5.69 Å². The molecule has 0 atom stereocenters. The lowest BCUT2D eigenvalue weighted by atomic mass is 10.1. The van der Waals surface area contributed by atoms with Crippen molar-refractivity contribution in [2.24, 2.45) is 0 Å². The summed E-state index contributed by atoms with van der Waals surface area (Å²) in [7, 11) is 0. The van der Waals surface area contributed by atoms with Gasteiger partial charge in [-0.2, -0.15) is 0 Å². The van der Waals surface area contributed by atoms with Crippen molar-refractivity contribution in [3.8, 4) is 0 Å². The third-order valence-corrected chi connectivity index (χ3v) is 2.37. The van der Waals surface area contributed by atoms with Crippen molar-refractivity contribution < 1.29 is 9.90 Å². The fourth-order valence-electron chi connectivity index (χ4n) is 1.47. The molecule has 0 aliphatic heterocycles. The summed E-state index contributed by atoms with van der Waals surface area (Å²) in [5.41, 5.74) is 1.29. The topological polar surface area (TPSA) is 68.0 Å². The average Bonchev–Trinajstić information content (AvgIpc) is 2.86. The van der Waals surface area contributed by atoms with E-state index in [0.717, 1.165) is 19.3 Å². The van der Waals surface area contributed by atoms with Crippen molar-refractivity contribution in [2.45, 2.75) is 46.6 Å². The molecule has 1 aromatic rings. The monoisotopic (exact) mass is 265 g/mol. The van der Waals surface area contributed by atoms with Gasteiger partial charge in [0.2, 0.25) is 0 Å². The Morgan fingerprint density at radius 1 is 1.47 bits per heavy atom. The van der Waals surface area contributed by atoms with Crippen LogP contribution in [-0.4, -0.2) is 26.1 Å². The summed E-state index contributed by atoms with van der Waals surface area (Å²) in [6.45, 7) is 10.4. The Kier molecular flexibility index (Phi) is 9.04. The van der Waals surface area contributed by atoms with E-state index in [2.05, 4.69) is 23.8 Å². The Balaban J connectivity index is 0.00000154. The molecule has 0 unspecified atom stereocenters. The van der Waals surface area contributed by atoms with E-state index in [9.17, 15) is 4.79 Å². The van der Waals surface area contributed by atoms with Gasteiger partial charge in [0.15, 0.2) is 5.69 Å². The minimum Gasteiger partial charge on any atom is -0.476 e. The first-order chi connectivity index (χ1) is 9.13. The highest BCUT2D eigenvalue weighted by molar-refractivity contribution is 5.84. The van der Waals surface area contributed by atoms with Gasteiger partial charge in [0.1, 0.15) is 0 Å². The molecule has 0 saturated heterocycles. The summed E-state index contributed by atoms with van der Waals surface area (Å²) in [6.07, 6.45) is 8.24. The summed E-state index contributed by atoms with van der Waals surface area (Å²) in [6, 6.07) is 0. The molecule has 0 bridgehead atoms. The third-order valence-electron chi connectivity index (χ3n) is 2.37. The Morgan fingerprint density at radius 3 is 2.68 bits per heavy atom. The Hall–Kier alpha value is -1.91. The van der Waals surface area contributed by atoms with Gasteiger partial charge < -0.3 is 5.11 Å². The number of carboxylic acids is 1. The van der Waals surface area contributed by atoms with Crippen molar-refractivity contribution in [3.63, 3.8) is 0 Å². The fourth-order valence-corrected chi connectivity index (χ4v) is 1.47. The minimum atomic E-state index is -1.04. The van der Waals surface area contributed by atoms with E-state index in [0.29, 0.717) is 6.54 Å². The molecule has 0 aliphatic rings. The standard InChI is InChI=1S/C12H17N3O2.C2H6/c1-3-6-10(2)7-4-5-8-15-9-11(12(16)17)13-14-15;1-2/h3,6,9H,1,4-5,7-8H2,2H3,(H,16,17);1-2H3/b10-6+;. The van der Waals surface area contributed by atoms with Crippen LogP contribution in [0.25, 0.3) is 0 Å². The van der Waals surface area contributed by atoms with Crippen molar-refractivity contribution in [1.82, 2.24) is 15.0 Å². The predicted molar refractivity (Wildman–Crippen MR) is 76.1 cm³/mol. The van der Waals surface area contributed by atoms with Gasteiger partial charge in [0, 0.05) is 6.54 Å². The molecule has 106 valence electrons. The summed E-state index contributed by atoms with van der Waals surface area (Å²) in [5, 5.41) is 16.0. The number of hydrogen-bond acceptors (Lipinski definition) is 3. The summed E-state index contributed by atoms with van der Waals surface area (Å²) >= 11 is 0. The van der Waals surface area contributed by atoms with E-state index in [4.69, 9.17) is 5.11 Å². The maximum absolute atomic E-state index is 10.6. The molecule has 0 saturated carbocycles. The number of nitrogens with zero attached hydrogens (tertiary/aromatic N) is 3. The molecule has 1 heterocycles. The summed E-state index contributed by atoms with van der Waals surface area (Å²) in [4.78, 5) is 10.6. The molecule has 5 nitrogen and oxygen atoms in total. The lowest BCUT2D eigenvalue weighted by molar-refractivity contribution is 0.0690. The van der Waals surface area contributed by atoms with Gasteiger partial charge in [-0.25, -0.2) is 4.79 Å². The molecule has 0 amide bonds. The molecular formula is C14H23N3O2. The van der Waals surface area contributed by atoms with Gasteiger partial charge in [-0.15, -0.1) is 5.10 Å². The van der Waals surface area contributed by atoms with E-state index >= 15 is 0 Å². The molecule has 0 aliphatic carbocycles. The van der Waals surface area contributed by atoms with Crippen LogP contribution in [-0.2, 0) is 6.54 Å². The molecule has 0 spiro atoms. The number of rotatable bonds is 7. The maximum Gasteiger partial charge on any atom is 0.358 e. The fraction of sp³-hybridized carbons (Fsp3) is 0.500. The van der Waals surface area contributed by atoms with Crippen LogP contribution in [0.15, 0.2) is 30.5 Å². The Morgan fingerprint density at radius 2 is 2.16 bits per heavy atom. The van der Waals surface area contributed by atoms with Crippen LogP contribution in [0.1, 0.15) is 50.5 Å². The highest BCUT2D eigenvalue weighted by Gasteiger charge is 2.07. The van der Waals surface area contributed by atoms with Crippen molar-refractivity contribution in [3.05, 3.63) is 36.2 Å². The predicted octanol–water partition coefficient (Wildman–Crippen LogP) is 3.31. The molecule has 0 radical (unpaired) electrons.